The van der Waals surface area contributed by atoms with Gasteiger partial charge in [0.05, 0.1) is 12.8 Å². The second-order valence-corrected chi connectivity index (χ2v) is 4.54. The Morgan fingerprint density at radius 1 is 1.40 bits per heavy atom. The average Bonchev–Trinajstić information content (AvgIpc) is 3.06. The fourth-order valence-electron chi connectivity index (χ4n) is 1.47. The minimum absolute atomic E-state index is 0.0266. The van der Waals surface area contributed by atoms with Gasteiger partial charge in [0.1, 0.15) is 4.88 Å². The highest BCUT2D eigenvalue weighted by atomic mass is 32.1. The average molecular weight is 295 g/mol. The van der Waals surface area contributed by atoms with Gasteiger partial charge in [0.25, 0.3) is 5.91 Å². The molecule has 2 aromatic heterocycles. The van der Waals surface area contributed by atoms with Crippen LogP contribution in [0, 0.1) is 10.1 Å². The van der Waals surface area contributed by atoms with E-state index in [2.05, 4.69) is 15.0 Å². The molecule has 0 atom stereocenters. The third-order valence-electron chi connectivity index (χ3n) is 2.40. The summed E-state index contributed by atoms with van der Waals surface area (Å²) in [5.41, 5.74) is 0.322. The molecule has 2 rings (SSSR count). The molecule has 0 aromatic carbocycles. The van der Waals surface area contributed by atoms with Gasteiger partial charge in [-0.1, -0.05) is 0 Å². The van der Waals surface area contributed by atoms with E-state index in [0.717, 1.165) is 11.3 Å². The van der Waals surface area contributed by atoms with Crippen LogP contribution >= 0.6 is 11.3 Å². The Labute approximate surface area is 116 Å². The summed E-state index contributed by atoms with van der Waals surface area (Å²) in [6, 6.07) is 4.02. The molecule has 0 aliphatic heterocycles. The summed E-state index contributed by atoms with van der Waals surface area (Å²) in [6.07, 6.45) is 0. The van der Waals surface area contributed by atoms with Crippen LogP contribution in [0.25, 0.3) is 0 Å². The highest BCUT2D eigenvalue weighted by molar-refractivity contribution is 7.12. The van der Waals surface area contributed by atoms with E-state index < -0.39 is 16.8 Å². The minimum atomic E-state index is -0.638. The summed E-state index contributed by atoms with van der Waals surface area (Å²) in [5, 5.41) is 14.6. The van der Waals surface area contributed by atoms with Crippen molar-refractivity contribution in [3.05, 3.63) is 44.3 Å². The number of nitro groups is 1. The highest BCUT2D eigenvalue weighted by Crippen LogP contribution is 2.23. The number of H-pyrrole nitrogens is 1. The van der Waals surface area contributed by atoms with Crippen LogP contribution in [0.3, 0.4) is 0 Å². The highest BCUT2D eigenvalue weighted by Gasteiger charge is 2.19. The standard InChI is InChI=1S/C11H9N3O5S/c1-19-11(16)9-6(4-5-20-9)13-10(15)7-2-3-8(12-7)14(17)18/h2-5,12H,1H3,(H,13,15). The van der Waals surface area contributed by atoms with Crippen molar-refractivity contribution in [3.8, 4) is 0 Å². The first-order valence-corrected chi connectivity index (χ1v) is 6.21. The van der Waals surface area contributed by atoms with E-state index in [9.17, 15) is 19.7 Å². The van der Waals surface area contributed by atoms with Crippen LogP contribution in [0.4, 0.5) is 11.5 Å². The van der Waals surface area contributed by atoms with Gasteiger partial charge in [-0.3, -0.25) is 4.79 Å². The van der Waals surface area contributed by atoms with E-state index >= 15 is 0 Å². The van der Waals surface area contributed by atoms with Gasteiger partial charge < -0.3 is 20.2 Å². The van der Waals surface area contributed by atoms with Crippen LogP contribution in [0.1, 0.15) is 20.2 Å². The molecular formula is C11H9N3O5S. The topological polar surface area (TPSA) is 114 Å². The van der Waals surface area contributed by atoms with Crippen molar-refractivity contribution in [2.45, 2.75) is 0 Å². The molecule has 0 fully saturated rings. The molecule has 0 saturated heterocycles. The molecule has 2 N–H and O–H groups in total. The first-order valence-electron chi connectivity index (χ1n) is 5.33. The molecule has 0 bridgehead atoms. The predicted molar refractivity (Wildman–Crippen MR) is 71.1 cm³/mol. The van der Waals surface area contributed by atoms with E-state index in [1.165, 1.54) is 19.2 Å². The molecule has 0 radical (unpaired) electrons. The number of methoxy groups -OCH3 is 1. The molecule has 0 aliphatic carbocycles. The van der Waals surface area contributed by atoms with E-state index in [4.69, 9.17) is 0 Å². The van der Waals surface area contributed by atoms with Crippen molar-refractivity contribution in [1.29, 1.82) is 0 Å². The normalized spacial score (nSPS) is 10.1. The van der Waals surface area contributed by atoms with Gasteiger partial charge in [-0.15, -0.1) is 11.3 Å². The maximum Gasteiger partial charge on any atom is 0.350 e. The molecule has 2 aromatic rings. The Hall–Kier alpha value is -2.68. The lowest BCUT2D eigenvalue weighted by Crippen LogP contribution is -2.14. The zero-order valence-electron chi connectivity index (χ0n) is 10.2. The van der Waals surface area contributed by atoms with Gasteiger partial charge in [-0.2, -0.15) is 0 Å². The molecule has 1 amide bonds. The van der Waals surface area contributed by atoms with Crippen molar-refractivity contribution in [2.24, 2.45) is 0 Å². The van der Waals surface area contributed by atoms with Crippen molar-refractivity contribution < 1.29 is 19.2 Å². The SMILES string of the molecule is COC(=O)c1sccc1NC(=O)c1ccc([N+](=O)[O-])[nH]1. The Bertz CT molecular complexity index is 675. The Morgan fingerprint density at radius 3 is 2.75 bits per heavy atom. The van der Waals surface area contributed by atoms with Crippen LogP contribution in [-0.2, 0) is 4.74 Å². The fourth-order valence-corrected chi connectivity index (χ4v) is 2.24. The zero-order chi connectivity index (χ0) is 14.7. The maximum atomic E-state index is 11.9. The van der Waals surface area contributed by atoms with Crippen LogP contribution in [0.5, 0.6) is 0 Å². The monoisotopic (exact) mass is 295 g/mol. The number of hydrogen-bond acceptors (Lipinski definition) is 6. The van der Waals surface area contributed by atoms with Crippen molar-refractivity contribution in [1.82, 2.24) is 4.98 Å². The largest absolute Gasteiger partial charge is 0.465 e. The number of ether oxygens (including phenoxy) is 1. The summed E-state index contributed by atoms with van der Waals surface area (Å²) in [6.45, 7) is 0. The molecule has 104 valence electrons. The van der Waals surface area contributed by atoms with Gasteiger partial charge in [0.15, 0.2) is 5.69 Å². The van der Waals surface area contributed by atoms with Crippen LogP contribution in [-0.4, -0.2) is 28.9 Å². The minimum Gasteiger partial charge on any atom is -0.465 e. The van der Waals surface area contributed by atoms with Crippen LogP contribution in [0.2, 0.25) is 0 Å². The number of nitrogens with zero attached hydrogens (tertiary/aromatic N) is 1. The van der Waals surface area contributed by atoms with Gasteiger partial charge in [-0.05, 0) is 22.4 Å². The second kappa shape index (κ2) is 5.53. The van der Waals surface area contributed by atoms with Gasteiger partial charge in [-0.25, -0.2) is 9.78 Å². The summed E-state index contributed by atoms with van der Waals surface area (Å²) in [7, 11) is 1.24. The lowest BCUT2D eigenvalue weighted by molar-refractivity contribution is -0.389. The maximum absolute atomic E-state index is 11.9. The molecule has 0 spiro atoms. The summed E-state index contributed by atoms with van der Waals surface area (Å²) >= 11 is 1.12. The number of hydrogen-bond donors (Lipinski definition) is 2. The quantitative estimate of drug-likeness (QED) is 0.508. The number of esters is 1. The van der Waals surface area contributed by atoms with Gasteiger partial charge in [0.2, 0.25) is 0 Å². The fraction of sp³-hybridized carbons (Fsp3) is 0.0909. The predicted octanol–water partition coefficient (Wildman–Crippen LogP) is 2.02. The number of nitrogens with one attached hydrogen (secondary N) is 2. The van der Waals surface area contributed by atoms with Gasteiger partial charge >= 0.3 is 11.8 Å². The molecular weight excluding hydrogens is 286 g/mol. The molecule has 9 heteroatoms. The Kier molecular flexibility index (Phi) is 3.80. The number of aromatic nitrogens is 1. The summed E-state index contributed by atoms with van der Waals surface area (Å²) in [4.78, 5) is 35.8. The Balaban J connectivity index is 2.17. The van der Waals surface area contributed by atoms with Crippen molar-refractivity contribution >= 4 is 34.7 Å². The van der Waals surface area contributed by atoms with Crippen molar-refractivity contribution in [3.63, 3.8) is 0 Å². The van der Waals surface area contributed by atoms with E-state index in [0.29, 0.717) is 5.69 Å². The molecule has 20 heavy (non-hydrogen) atoms. The van der Waals surface area contributed by atoms with E-state index in [1.807, 2.05) is 0 Å². The summed E-state index contributed by atoms with van der Waals surface area (Å²) in [5.74, 6) is -1.43. The lowest BCUT2D eigenvalue weighted by Gasteiger charge is -2.02. The number of carbonyl (C=O) groups excluding carboxylic acids is 2. The van der Waals surface area contributed by atoms with Crippen LogP contribution in [0.15, 0.2) is 23.6 Å². The van der Waals surface area contributed by atoms with Crippen LogP contribution < -0.4 is 5.32 Å². The zero-order valence-corrected chi connectivity index (χ0v) is 11.0. The van der Waals surface area contributed by atoms with E-state index in [-0.39, 0.29) is 16.4 Å². The first-order chi connectivity index (χ1) is 9.52. The van der Waals surface area contributed by atoms with Crippen molar-refractivity contribution in [2.75, 3.05) is 12.4 Å². The number of thiophene rings is 1. The number of rotatable bonds is 4. The number of anilines is 1. The summed E-state index contributed by atoms with van der Waals surface area (Å²) < 4.78 is 4.58. The Morgan fingerprint density at radius 2 is 2.15 bits per heavy atom. The molecule has 8 nitrogen and oxygen atoms in total. The first kappa shape index (κ1) is 13.7. The second-order valence-electron chi connectivity index (χ2n) is 3.62. The lowest BCUT2D eigenvalue weighted by atomic mass is 10.3. The third kappa shape index (κ3) is 2.67. The molecule has 2 heterocycles. The smallest absolute Gasteiger partial charge is 0.350 e. The van der Waals surface area contributed by atoms with E-state index in [1.54, 1.807) is 11.4 Å². The number of aromatic amines is 1. The number of carbonyl (C=O) groups is 2. The van der Waals surface area contributed by atoms with Gasteiger partial charge in [0, 0.05) is 6.07 Å². The molecule has 0 aliphatic rings. The third-order valence-corrected chi connectivity index (χ3v) is 3.29. The molecule has 0 unspecified atom stereocenters. The number of amides is 1. The molecule has 0 saturated carbocycles.